The van der Waals surface area contributed by atoms with Gasteiger partial charge in [0.05, 0.1) is 31.0 Å². The third-order valence-corrected chi connectivity index (χ3v) is 32.4. The Balaban J connectivity index is 0.0000150. The van der Waals surface area contributed by atoms with E-state index < -0.39 is 40.1 Å². The van der Waals surface area contributed by atoms with Crippen LogP contribution in [0.3, 0.4) is 0 Å². The van der Waals surface area contributed by atoms with Crippen LogP contribution in [0.15, 0.2) is 74.2 Å². The van der Waals surface area contributed by atoms with Crippen molar-refractivity contribution < 1.29 is 50.7 Å². The van der Waals surface area contributed by atoms with Gasteiger partial charge in [-0.15, -0.1) is 27.9 Å². The van der Waals surface area contributed by atoms with Gasteiger partial charge in [-0.3, -0.25) is 9.97 Å². The summed E-state index contributed by atoms with van der Waals surface area (Å²) in [7, 11) is -16.6. The first-order chi connectivity index (χ1) is 50.5. The van der Waals surface area contributed by atoms with Crippen LogP contribution in [-0.2, 0) is 57.2 Å². The fraction of sp³-hybridized carbons (Fsp3) is 0.494. The van der Waals surface area contributed by atoms with E-state index in [2.05, 4.69) is 108 Å². The third kappa shape index (κ3) is 17.9. The van der Waals surface area contributed by atoms with Crippen molar-refractivity contribution in [2.45, 2.75) is 263 Å². The minimum atomic E-state index is -4.15. The molecule has 9 rings (SSSR count). The Morgan fingerprint density at radius 3 is 0.752 bits per heavy atom. The summed E-state index contributed by atoms with van der Waals surface area (Å²) in [5.74, 6) is 0. The van der Waals surface area contributed by atoms with Gasteiger partial charge in [0.1, 0.15) is 0 Å². The van der Waals surface area contributed by atoms with Crippen LogP contribution < -0.4 is 23.9 Å². The Labute approximate surface area is 665 Å². The molecule has 2 aliphatic rings. The number of nitrogens with one attached hydrogen (secondary N) is 4. The van der Waals surface area contributed by atoms with Crippen molar-refractivity contribution in [2.24, 2.45) is 21.7 Å². The zero-order valence-electron chi connectivity index (χ0n) is 69.4. The zero-order chi connectivity index (χ0) is 79.9. The standard InChI is InChI=1S/C89H121N7O8S4.Mn/c1-25-86(21,26-2)41-45-90-105(97,98)82-58(13)49-54(9)74(62(82)17)78-66-33-34-67(53-66)79(75-55(10)50-59(14)83(63(75)18)106(99,100)91-46-42-87(22,27-3)28-4)69-36-38-71(95-69)81(77-57(12)52-61(16)85(65(77)20)108(103,104)93-48-44-89(24,31-7)32-8)73-40-39-72(96-73)80(70-37-35-68(78)94-70)76-56(11)51-60(15)84(64(76)19)107(101,102)92-47-43-88(23,29-5)30-6;/h33-40,49-53,90-93H,25-32,41-48H2,1-24H3;/q-2;+2. The first-order valence-electron chi connectivity index (χ1n) is 39.2. The van der Waals surface area contributed by atoms with Crippen LogP contribution in [0.1, 0.15) is 250 Å². The Hall–Kier alpha value is -6.29. The summed E-state index contributed by atoms with van der Waals surface area (Å²) in [5, 5.41) is 1.36. The van der Waals surface area contributed by atoms with E-state index in [-0.39, 0.29) is 84.5 Å². The van der Waals surface area contributed by atoms with Gasteiger partial charge in [-0.25, -0.2) is 52.6 Å². The van der Waals surface area contributed by atoms with Crippen LogP contribution >= 0.6 is 0 Å². The SMILES string of the molecule is CCC(C)(CC)CCNS(=O)(=O)c1c(C)cc(C)c(-c2c3nc(c(-c4c(C)cc(C)c(S(=O)(=O)NCCC(C)(CC)CC)c4C)c4ccc([n-]4)c(-c4c(C)cc(C)c(S(=O)(=O)NCCC(C)(CC)CC)c4C)c4nc(c(-c5c(C)cc(C)c(S(=O)(=O)NCCC(C)(CC)CC)c5C)c5ccc2[cH-]5)C=C4)C=C3)c1C.[Mn+2]. The molecule has 0 spiro atoms. The normalized spacial score (nSPS) is 13.3. The summed E-state index contributed by atoms with van der Waals surface area (Å²) < 4.78 is 133. The average molecular weight is 1600 g/mol. The van der Waals surface area contributed by atoms with E-state index >= 15 is 33.7 Å². The second-order valence-electron chi connectivity index (χ2n) is 32.6. The molecule has 7 aromatic rings. The number of benzene rings is 4. The monoisotopic (exact) mass is 1600 g/mol. The Kier molecular flexibility index (Phi) is 27.7. The maximum Gasteiger partial charge on any atom is 2.00 e. The van der Waals surface area contributed by atoms with Crippen molar-refractivity contribution in [1.82, 2.24) is 33.8 Å². The minimum absolute atomic E-state index is 0. The van der Waals surface area contributed by atoms with Crippen LogP contribution in [0.5, 0.6) is 0 Å². The summed E-state index contributed by atoms with van der Waals surface area (Å²) >= 11 is 0. The first-order valence-corrected chi connectivity index (χ1v) is 45.1. The number of aryl methyl sites for hydroxylation is 8. The van der Waals surface area contributed by atoms with Crippen molar-refractivity contribution in [3.05, 3.63) is 144 Å². The fourth-order valence-electron chi connectivity index (χ4n) is 16.8. The van der Waals surface area contributed by atoms with Crippen LogP contribution in [0.25, 0.3) is 90.6 Å². The molecular formula is C89H121MnN7O8S4. The summed E-state index contributed by atoms with van der Waals surface area (Å²) in [5.41, 5.74) is 14.8. The number of sulfonamides is 4. The van der Waals surface area contributed by atoms with E-state index in [4.69, 9.17) is 15.0 Å². The largest absolute Gasteiger partial charge is 2.00 e. The van der Waals surface area contributed by atoms with Crippen molar-refractivity contribution in [2.75, 3.05) is 26.2 Å². The Bertz CT molecular complexity index is 4730. The number of rotatable bonds is 32. The molecule has 20 heteroatoms. The van der Waals surface area contributed by atoms with E-state index in [9.17, 15) is 0 Å². The molecule has 4 N–H and O–H groups in total. The maximum atomic E-state index is 15.2. The van der Waals surface area contributed by atoms with E-state index in [1.165, 1.54) is 0 Å². The van der Waals surface area contributed by atoms with E-state index in [1.807, 2.05) is 156 Å². The number of fused-ring (bicyclic) bond motifs is 8. The van der Waals surface area contributed by atoms with E-state index in [0.29, 0.717) is 159 Å². The van der Waals surface area contributed by atoms with Gasteiger partial charge in [-0.2, -0.15) is 12.1 Å². The molecule has 109 heavy (non-hydrogen) atoms. The summed E-state index contributed by atoms with van der Waals surface area (Å²) in [6, 6.07) is 17.6. The van der Waals surface area contributed by atoms with Gasteiger partial charge in [0, 0.05) is 37.6 Å². The second-order valence-corrected chi connectivity index (χ2v) is 39.4. The molecule has 4 heterocycles. The van der Waals surface area contributed by atoms with Crippen LogP contribution in [-0.4, -0.2) is 69.8 Å². The number of hydrogen-bond acceptors (Lipinski definition) is 10. The molecule has 0 atom stereocenters. The Morgan fingerprint density at radius 2 is 0.532 bits per heavy atom. The second kappa shape index (κ2) is 34.2. The summed E-state index contributed by atoms with van der Waals surface area (Å²) in [4.78, 5) is 17.7. The predicted octanol–water partition coefficient (Wildman–Crippen LogP) is 21.0. The molecule has 15 nitrogen and oxygen atoms in total. The van der Waals surface area contributed by atoms with Gasteiger partial charge in [0.15, 0.2) is 0 Å². The first kappa shape index (κ1) is 88.3. The number of hydrogen-bond donors (Lipinski definition) is 4. The molecule has 0 fully saturated rings. The topological polar surface area (TPSA) is 225 Å². The zero-order valence-corrected chi connectivity index (χ0v) is 73.9. The third-order valence-electron chi connectivity index (χ3n) is 25.4. The Morgan fingerprint density at radius 1 is 0.321 bits per heavy atom. The molecule has 0 aliphatic carbocycles. The molecule has 8 bridgehead atoms. The van der Waals surface area contributed by atoms with Crippen LogP contribution in [0.2, 0.25) is 0 Å². The summed E-state index contributed by atoms with van der Waals surface area (Å²) in [6.07, 6.45) is 17.4. The smallest absolute Gasteiger partial charge is 0.657 e. The average Bonchev–Trinajstić information content (AvgIpc) is 1.74. The van der Waals surface area contributed by atoms with Gasteiger partial charge >= 0.3 is 17.1 Å². The van der Waals surface area contributed by atoms with Crippen molar-refractivity contribution in [3.8, 4) is 44.5 Å². The molecule has 2 aromatic heterocycles. The molecule has 0 unspecified atom stereocenters. The number of aromatic nitrogens is 3. The van der Waals surface area contributed by atoms with Gasteiger partial charge < -0.3 is 4.98 Å². The maximum absolute atomic E-state index is 15.2. The van der Waals surface area contributed by atoms with Crippen LogP contribution in [0.4, 0.5) is 0 Å². The van der Waals surface area contributed by atoms with E-state index in [1.54, 1.807) is 0 Å². The van der Waals surface area contributed by atoms with Crippen LogP contribution in [0, 0.1) is 105 Å². The molecule has 2 aliphatic heterocycles. The molecule has 0 saturated carbocycles. The van der Waals surface area contributed by atoms with Gasteiger partial charge in [0.2, 0.25) is 40.1 Å². The quantitative estimate of drug-likeness (QED) is 0.0229. The molecule has 0 saturated heterocycles. The van der Waals surface area contributed by atoms with Gasteiger partial charge in [0.25, 0.3) is 0 Å². The number of nitrogens with zero attached hydrogens (tertiary/aromatic N) is 3. The summed E-state index contributed by atoms with van der Waals surface area (Å²) in [6.45, 7) is 49.4. The fourth-order valence-corrected chi connectivity index (χ4v) is 22.8. The van der Waals surface area contributed by atoms with Crippen molar-refractivity contribution in [3.63, 3.8) is 0 Å². The molecule has 0 amide bonds. The predicted molar refractivity (Wildman–Crippen MR) is 452 cm³/mol. The van der Waals surface area contributed by atoms with Crippen molar-refractivity contribution in [1.29, 1.82) is 0 Å². The van der Waals surface area contributed by atoms with Gasteiger partial charge in [-0.1, -0.05) is 193 Å². The molecule has 591 valence electrons. The van der Waals surface area contributed by atoms with Gasteiger partial charge in [-0.05, 0) is 244 Å². The molecule has 1 radical (unpaired) electrons. The minimum Gasteiger partial charge on any atom is -0.657 e. The molecule has 5 aromatic carbocycles. The molecular weight excluding hydrogens is 1480 g/mol. The van der Waals surface area contributed by atoms with E-state index in [0.717, 1.165) is 73.6 Å². The van der Waals surface area contributed by atoms with Crippen molar-refractivity contribution >= 4 is 86.2 Å².